The SMILES string of the molecule is O=C(O)N1CCC2C(C1)c1cc(-c3ccc(Cl)cc3Cl)ccc1N2C(=O)O. The van der Waals surface area contributed by atoms with Crippen molar-refractivity contribution >= 4 is 41.1 Å². The van der Waals surface area contributed by atoms with E-state index in [0.717, 1.165) is 16.7 Å². The van der Waals surface area contributed by atoms with Gasteiger partial charge in [0.15, 0.2) is 0 Å². The lowest BCUT2D eigenvalue weighted by atomic mass is 9.88. The third kappa shape index (κ3) is 2.99. The van der Waals surface area contributed by atoms with E-state index in [9.17, 15) is 19.8 Å². The van der Waals surface area contributed by atoms with Gasteiger partial charge in [0.2, 0.25) is 0 Å². The topological polar surface area (TPSA) is 81.1 Å². The minimum atomic E-state index is -1.02. The van der Waals surface area contributed by atoms with Crippen molar-refractivity contribution in [3.05, 3.63) is 52.0 Å². The molecule has 2 atom stereocenters. The summed E-state index contributed by atoms with van der Waals surface area (Å²) in [4.78, 5) is 26.0. The van der Waals surface area contributed by atoms with Gasteiger partial charge in [0.1, 0.15) is 0 Å². The number of likely N-dealkylation sites (tertiary alicyclic amines) is 1. The van der Waals surface area contributed by atoms with Crippen molar-refractivity contribution in [3.8, 4) is 11.1 Å². The molecule has 0 bridgehead atoms. The van der Waals surface area contributed by atoms with Crippen LogP contribution in [0.2, 0.25) is 10.0 Å². The van der Waals surface area contributed by atoms with Gasteiger partial charge in [-0.25, -0.2) is 9.59 Å². The number of fused-ring (bicyclic) bond motifs is 3. The molecule has 2 N–H and O–H groups in total. The molecular weight excluding hydrogens is 391 g/mol. The highest BCUT2D eigenvalue weighted by Crippen LogP contribution is 2.46. The molecule has 2 aromatic rings. The Bertz CT molecular complexity index is 949. The highest BCUT2D eigenvalue weighted by molar-refractivity contribution is 6.36. The molecule has 2 aromatic carbocycles. The zero-order chi connectivity index (χ0) is 19.3. The lowest BCUT2D eigenvalue weighted by molar-refractivity contribution is 0.126. The van der Waals surface area contributed by atoms with Gasteiger partial charge >= 0.3 is 12.2 Å². The number of hydrogen-bond donors (Lipinski definition) is 2. The van der Waals surface area contributed by atoms with E-state index in [1.165, 1.54) is 9.80 Å². The maximum Gasteiger partial charge on any atom is 0.412 e. The summed E-state index contributed by atoms with van der Waals surface area (Å²) in [6.45, 7) is 0.596. The van der Waals surface area contributed by atoms with Crippen LogP contribution in [0.15, 0.2) is 36.4 Å². The van der Waals surface area contributed by atoms with Crippen LogP contribution in [0.3, 0.4) is 0 Å². The quantitative estimate of drug-likeness (QED) is 0.698. The summed E-state index contributed by atoms with van der Waals surface area (Å²) in [6.07, 6.45) is -1.54. The molecule has 0 aliphatic carbocycles. The number of hydrogen-bond acceptors (Lipinski definition) is 2. The number of halogens is 2. The molecular formula is C19H16Cl2N2O4. The van der Waals surface area contributed by atoms with E-state index >= 15 is 0 Å². The largest absolute Gasteiger partial charge is 0.465 e. The Balaban J connectivity index is 1.80. The molecule has 0 radical (unpaired) electrons. The zero-order valence-corrected chi connectivity index (χ0v) is 15.6. The Kier molecular flexibility index (Phi) is 4.40. The zero-order valence-electron chi connectivity index (χ0n) is 14.1. The first-order valence-electron chi connectivity index (χ1n) is 8.46. The molecule has 0 aromatic heterocycles. The average molecular weight is 407 g/mol. The van der Waals surface area contributed by atoms with Crippen molar-refractivity contribution < 1.29 is 19.8 Å². The molecule has 1 saturated heterocycles. The number of carboxylic acid groups (broad SMARTS) is 2. The molecule has 4 rings (SSSR count). The van der Waals surface area contributed by atoms with Gasteiger partial charge in [0.25, 0.3) is 0 Å². The van der Waals surface area contributed by atoms with E-state index in [2.05, 4.69) is 0 Å². The number of piperidine rings is 1. The fraction of sp³-hybridized carbons (Fsp3) is 0.263. The van der Waals surface area contributed by atoms with Crippen LogP contribution in [-0.2, 0) is 0 Å². The second kappa shape index (κ2) is 6.62. The number of rotatable bonds is 1. The van der Waals surface area contributed by atoms with E-state index in [1.807, 2.05) is 18.2 Å². The van der Waals surface area contributed by atoms with Crippen LogP contribution in [0.25, 0.3) is 11.1 Å². The molecule has 27 heavy (non-hydrogen) atoms. The van der Waals surface area contributed by atoms with Gasteiger partial charge in [-0.15, -0.1) is 0 Å². The Morgan fingerprint density at radius 1 is 1.04 bits per heavy atom. The van der Waals surface area contributed by atoms with E-state index in [-0.39, 0.29) is 18.5 Å². The van der Waals surface area contributed by atoms with Gasteiger partial charge in [-0.1, -0.05) is 35.3 Å². The van der Waals surface area contributed by atoms with E-state index < -0.39 is 12.2 Å². The first-order chi connectivity index (χ1) is 12.9. The highest BCUT2D eigenvalue weighted by Gasteiger charge is 2.45. The predicted molar refractivity (Wildman–Crippen MR) is 103 cm³/mol. The van der Waals surface area contributed by atoms with Gasteiger partial charge < -0.3 is 15.1 Å². The lowest BCUT2D eigenvalue weighted by Gasteiger charge is -2.35. The normalized spacial score (nSPS) is 21.0. The Labute approximate surface area is 165 Å². The molecule has 6 nitrogen and oxygen atoms in total. The second-order valence-electron chi connectivity index (χ2n) is 6.74. The monoisotopic (exact) mass is 406 g/mol. The Morgan fingerprint density at radius 2 is 1.81 bits per heavy atom. The maximum atomic E-state index is 11.8. The highest BCUT2D eigenvalue weighted by atomic mass is 35.5. The predicted octanol–water partition coefficient (Wildman–Crippen LogP) is 4.99. The first-order valence-corrected chi connectivity index (χ1v) is 9.22. The van der Waals surface area contributed by atoms with E-state index in [1.54, 1.807) is 18.2 Å². The van der Waals surface area contributed by atoms with Crippen LogP contribution in [-0.4, -0.2) is 46.4 Å². The molecule has 140 valence electrons. The molecule has 0 saturated carbocycles. The number of nitrogens with zero attached hydrogens (tertiary/aromatic N) is 2. The van der Waals surface area contributed by atoms with Gasteiger partial charge in [-0.2, -0.15) is 0 Å². The number of amides is 2. The molecule has 2 amide bonds. The smallest absolute Gasteiger partial charge is 0.412 e. The maximum absolute atomic E-state index is 11.8. The molecule has 2 heterocycles. The molecule has 2 aliphatic heterocycles. The van der Waals surface area contributed by atoms with Gasteiger partial charge in [0.05, 0.1) is 11.7 Å². The summed E-state index contributed by atoms with van der Waals surface area (Å²) in [7, 11) is 0. The molecule has 0 spiro atoms. The van der Waals surface area contributed by atoms with E-state index in [4.69, 9.17) is 23.2 Å². The molecule has 2 unspecified atom stereocenters. The standard InChI is InChI=1S/C19H16Cl2N2O4/c20-11-2-3-12(15(21)8-11)10-1-4-16-13(7-10)14-9-22(18(24)25)6-5-17(14)23(16)19(26)27/h1-4,7-8,14,17H,5-6,9H2,(H,24,25)(H,26,27). The van der Waals surface area contributed by atoms with Crippen molar-refractivity contribution in [2.24, 2.45) is 0 Å². The second-order valence-corrected chi connectivity index (χ2v) is 7.59. The summed E-state index contributed by atoms with van der Waals surface area (Å²) in [5.74, 6) is -0.202. The van der Waals surface area contributed by atoms with Crippen LogP contribution in [0, 0.1) is 0 Å². The average Bonchev–Trinajstić information content (AvgIpc) is 2.94. The molecule has 2 aliphatic rings. The Hall–Kier alpha value is -2.44. The third-order valence-electron chi connectivity index (χ3n) is 5.31. The van der Waals surface area contributed by atoms with Crippen LogP contribution in [0.5, 0.6) is 0 Å². The van der Waals surface area contributed by atoms with Crippen molar-refractivity contribution in [1.29, 1.82) is 0 Å². The Morgan fingerprint density at radius 3 is 2.48 bits per heavy atom. The summed E-state index contributed by atoms with van der Waals surface area (Å²) >= 11 is 12.3. The van der Waals surface area contributed by atoms with Crippen LogP contribution < -0.4 is 4.90 Å². The van der Waals surface area contributed by atoms with Crippen LogP contribution in [0.1, 0.15) is 17.9 Å². The van der Waals surface area contributed by atoms with E-state index in [0.29, 0.717) is 28.7 Å². The third-order valence-corrected chi connectivity index (χ3v) is 5.86. The van der Waals surface area contributed by atoms with Crippen molar-refractivity contribution in [1.82, 2.24) is 4.90 Å². The fourth-order valence-corrected chi connectivity index (χ4v) is 4.63. The summed E-state index contributed by atoms with van der Waals surface area (Å²) in [5, 5.41) is 20.1. The lowest BCUT2D eigenvalue weighted by Crippen LogP contribution is -2.49. The summed E-state index contributed by atoms with van der Waals surface area (Å²) < 4.78 is 0. The van der Waals surface area contributed by atoms with Gasteiger partial charge in [-0.3, -0.25) is 4.90 Å². The number of benzene rings is 2. The minimum Gasteiger partial charge on any atom is -0.465 e. The van der Waals surface area contributed by atoms with Crippen molar-refractivity contribution in [2.75, 3.05) is 18.0 Å². The van der Waals surface area contributed by atoms with Gasteiger partial charge in [-0.05, 0) is 41.8 Å². The summed E-state index contributed by atoms with van der Waals surface area (Å²) in [6, 6.07) is 10.5. The number of carbonyl (C=O) groups is 2. The van der Waals surface area contributed by atoms with Crippen LogP contribution >= 0.6 is 23.2 Å². The minimum absolute atomic E-state index is 0.202. The van der Waals surface area contributed by atoms with Crippen molar-refractivity contribution in [3.63, 3.8) is 0 Å². The fourth-order valence-electron chi connectivity index (χ4n) is 4.11. The van der Waals surface area contributed by atoms with Crippen LogP contribution in [0.4, 0.5) is 15.3 Å². The first kappa shape index (κ1) is 17.9. The van der Waals surface area contributed by atoms with Gasteiger partial charge in [0, 0.05) is 34.6 Å². The van der Waals surface area contributed by atoms with Crippen molar-refractivity contribution in [2.45, 2.75) is 18.4 Å². The summed E-state index contributed by atoms with van der Waals surface area (Å²) in [5.41, 5.74) is 3.07. The number of anilines is 1. The molecule has 1 fully saturated rings. The molecule has 8 heteroatoms.